The molecule has 10 heteroatoms. The molecule has 0 aliphatic carbocycles. The average molecular weight is 489 g/mol. The Kier molecular flexibility index (Phi) is 7.33. The van der Waals surface area contributed by atoms with Crippen LogP contribution >= 0.6 is 42.1 Å². The molecule has 2 unspecified atom stereocenters. The second-order valence-electron chi connectivity index (χ2n) is 7.28. The summed E-state index contributed by atoms with van der Waals surface area (Å²) in [4.78, 5) is 16.1. The quantitative estimate of drug-likeness (QED) is 0.352. The van der Waals surface area contributed by atoms with Gasteiger partial charge >= 0.3 is 7.60 Å². The highest BCUT2D eigenvalue weighted by molar-refractivity contribution is 7.61. The SMILES string of the molecule is CCC(OP(=O)(O)c1ccoc1-c1nc(N)sc1CC(C)C)c1cc(Cl)cc(Cl)c1. The van der Waals surface area contributed by atoms with Crippen molar-refractivity contribution in [3.63, 3.8) is 0 Å². The lowest BCUT2D eigenvalue weighted by Crippen LogP contribution is -2.12. The normalized spacial score (nSPS) is 14.8. The number of thiazole rings is 1. The van der Waals surface area contributed by atoms with Gasteiger partial charge in [-0.15, -0.1) is 11.3 Å². The van der Waals surface area contributed by atoms with E-state index in [0.717, 1.165) is 11.3 Å². The Morgan fingerprint density at radius 1 is 1.30 bits per heavy atom. The van der Waals surface area contributed by atoms with E-state index in [9.17, 15) is 9.46 Å². The largest absolute Gasteiger partial charge is 0.462 e. The molecule has 0 radical (unpaired) electrons. The van der Waals surface area contributed by atoms with Crippen LogP contribution in [0.3, 0.4) is 0 Å². The number of halogens is 2. The summed E-state index contributed by atoms with van der Waals surface area (Å²) in [5, 5.41) is 1.27. The van der Waals surface area contributed by atoms with Crippen LogP contribution in [-0.2, 0) is 15.5 Å². The van der Waals surface area contributed by atoms with Crippen LogP contribution in [0.5, 0.6) is 0 Å². The van der Waals surface area contributed by atoms with Crippen molar-refractivity contribution >= 4 is 52.6 Å². The van der Waals surface area contributed by atoms with E-state index in [1.165, 1.54) is 23.7 Å². The fraction of sp³-hybridized carbons (Fsp3) is 0.350. The molecular weight excluding hydrogens is 466 g/mol. The second-order valence-corrected chi connectivity index (χ2v) is 11.0. The molecule has 0 fully saturated rings. The lowest BCUT2D eigenvalue weighted by molar-refractivity contribution is 0.178. The molecule has 1 aromatic carbocycles. The van der Waals surface area contributed by atoms with E-state index in [-0.39, 0.29) is 11.1 Å². The summed E-state index contributed by atoms with van der Waals surface area (Å²) < 4.78 is 24.5. The maximum atomic E-state index is 13.3. The van der Waals surface area contributed by atoms with Crippen molar-refractivity contribution in [3.05, 3.63) is 51.0 Å². The van der Waals surface area contributed by atoms with Crippen molar-refractivity contribution in [2.75, 3.05) is 5.73 Å². The third kappa shape index (κ3) is 5.28. The molecule has 0 spiro atoms. The molecule has 3 N–H and O–H groups in total. The Labute approximate surface area is 189 Å². The van der Waals surface area contributed by atoms with Gasteiger partial charge in [0.2, 0.25) is 0 Å². The molecule has 0 aliphatic rings. The minimum absolute atomic E-state index is 0.0457. The summed E-state index contributed by atoms with van der Waals surface area (Å²) in [5.74, 6) is 0.555. The zero-order valence-electron chi connectivity index (χ0n) is 16.8. The summed E-state index contributed by atoms with van der Waals surface area (Å²) >= 11 is 13.5. The Bertz CT molecular complexity index is 1060. The molecule has 0 saturated heterocycles. The molecule has 0 amide bonds. The van der Waals surface area contributed by atoms with Gasteiger partial charge < -0.3 is 15.0 Å². The lowest BCUT2D eigenvalue weighted by atomic mass is 10.1. The maximum absolute atomic E-state index is 13.3. The topological polar surface area (TPSA) is 98.6 Å². The van der Waals surface area contributed by atoms with Crippen LogP contribution in [0, 0.1) is 5.92 Å². The van der Waals surface area contributed by atoms with Crippen LogP contribution in [-0.4, -0.2) is 9.88 Å². The summed E-state index contributed by atoms with van der Waals surface area (Å²) in [5.41, 5.74) is 7.00. The van der Waals surface area contributed by atoms with E-state index >= 15 is 0 Å². The number of anilines is 1. The van der Waals surface area contributed by atoms with Gasteiger partial charge in [-0.25, -0.2) is 4.98 Å². The fourth-order valence-electron chi connectivity index (χ4n) is 3.12. The van der Waals surface area contributed by atoms with Gasteiger partial charge in [0, 0.05) is 14.9 Å². The van der Waals surface area contributed by atoms with E-state index < -0.39 is 13.7 Å². The molecule has 0 bridgehead atoms. The predicted octanol–water partition coefficient (Wildman–Crippen LogP) is 6.47. The monoisotopic (exact) mass is 488 g/mol. The first kappa shape index (κ1) is 23.3. The van der Waals surface area contributed by atoms with Gasteiger partial charge in [-0.2, -0.15) is 0 Å². The van der Waals surface area contributed by atoms with Gasteiger partial charge in [0.1, 0.15) is 11.0 Å². The number of nitrogens with zero attached hydrogens (tertiary/aromatic N) is 1. The number of furan rings is 1. The van der Waals surface area contributed by atoms with Crippen LogP contribution in [0.15, 0.2) is 34.9 Å². The zero-order valence-corrected chi connectivity index (χ0v) is 20.0. The molecule has 3 rings (SSSR count). The molecule has 2 heterocycles. The minimum atomic E-state index is -4.27. The molecule has 3 aromatic rings. The number of benzene rings is 1. The smallest absolute Gasteiger partial charge is 0.363 e. The highest BCUT2D eigenvalue weighted by atomic mass is 35.5. The zero-order chi connectivity index (χ0) is 22.1. The van der Waals surface area contributed by atoms with E-state index in [2.05, 4.69) is 18.8 Å². The van der Waals surface area contributed by atoms with Crippen molar-refractivity contribution in [1.29, 1.82) is 0 Å². The predicted molar refractivity (Wildman–Crippen MR) is 123 cm³/mol. The number of hydrogen-bond donors (Lipinski definition) is 2. The summed E-state index contributed by atoms with van der Waals surface area (Å²) in [7, 11) is -4.27. The molecule has 2 atom stereocenters. The van der Waals surface area contributed by atoms with Gasteiger partial charge in [-0.3, -0.25) is 9.09 Å². The molecule has 30 heavy (non-hydrogen) atoms. The van der Waals surface area contributed by atoms with E-state index in [1.807, 2.05) is 6.92 Å². The first-order valence-electron chi connectivity index (χ1n) is 9.41. The standard InChI is InChI=1S/C20H23Cl2N2O4PS/c1-4-15(12-8-13(21)10-14(22)9-12)28-29(25,26)16-5-6-27-19(16)18-17(7-11(2)3)30-20(23)24-18/h5-6,8-11,15H,4,7H2,1-3H3,(H2,23,24)(H,25,26). The number of hydrogen-bond acceptors (Lipinski definition) is 6. The highest BCUT2D eigenvalue weighted by Gasteiger charge is 2.34. The van der Waals surface area contributed by atoms with Gasteiger partial charge in [-0.1, -0.05) is 44.0 Å². The maximum Gasteiger partial charge on any atom is 0.363 e. The summed E-state index contributed by atoms with van der Waals surface area (Å²) in [6, 6.07) is 6.36. The lowest BCUT2D eigenvalue weighted by Gasteiger charge is -2.21. The van der Waals surface area contributed by atoms with Crippen LogP contribution in [0.1, 0.15) is 43.7 Å². The van der Waals surface area contributed by atoms with Gasteiger partial charge in [-0.05, 0) is 48.6 Å². The van der Waals surface area contributed by atoms with Crippen molar-refractivity contribution < 1.29 is 18.4 Å². The molecule has 2 aromatic heterocycles. The van der Waals surface area contributed by atoms with Crippen molar-refractivity contribution in [1.82, 2.24) is 4.98 Å². The number of nitrogens with two attached hydrogens (primary N) is 1. The highest BCUT2D eigenvalue weighted by Crippen LogP contribution is 2.50. The van der Waals surface area contributed by atoms with Crippen LogP contribution < -0.4 is 11.0 Å². The van der Waals surface area contributed by atoms with E-state index in [4.69, 9.17) is 37.9 Å². The first-order chi connectivity index (χ1) is 14.1. The molecule has 162 valence electrons. The Hall–Kier alpha value is -1.34. The third-order valence-electron chi connectivity index (χ3n) is 4.37. The van der Waals surface area contributed by atoms with Gasteiger partial charge in [0.25, 0.3) is 0 Å². The fourth-order valence-corrected chi connectivity index (χ4v) is 6.10. The minimum Gasteiger partial charge on any atom is -0.462 e. The second kappa shape index (κ2) is 9.43. The number of aromatic nitrogens is 1. The Morgan fingerprint density at radius 2 is 1.97 bits per heavy atom. The van der Waals surface area contributed by atoms with E-state index in [1.54, 1.807) is 18.2 Å². The van der Waals surface area contributed by atoms with Crippen LogP contribution in [0.4, 0.5) is 5.13 Å². The van der Waals surface area contributed by atoms with Crippen LogP contribution in [0.25, 0.3) is 11.5 Å². The number of rotatable bonds is 8. The Balaban J connectivity index is 1.97. The van der Waals surface area contributed by atoms with Crippen molar-refractivity contribution in [2.24, 2.45) is 5.92 Å². The first-order valence-corrected chi connectivity index (χ1v) is 12.6. The van der Waals surface area contributed by atoms with Crippen molar-refractivity contribution in [3.8, 4) is 11.5 Å². The van der Waals surface area contributed by atoms with Crippen LogP contribution in [0.2, 0.25) is 10.0 Å². The van der Waals surface area contributed by atoms with Gasteiger partial charge in [0.15, 0.2) is 10.9 Å². The van der Waals surface area contributed by atoms with Crippen molar-refractivity contribution in [2.45, 2.75) is 39.7 Å². The van der Waals surface area contributed by atoms with Gasteiger partial charge in [0.05, 0.1) is 12.4 Å². The third-order valence-corrected chi connectivity index (χ3v) is 7.21. The molecule has 0 aliphatic heterocycles. The Morgan fingerprint density at radius 3 is 2.57 bits per heavy atom. The average Bonchev–Trinajstić information content (AvgIpc) is 3.25. The molecular formula is C20H23Cl2N2O4PS. The molecule has 6 nitrogen and oxygen atoms in total. The van der Waals surface area contributed by atoms with E-state index in [0.29, 0.717) is 38.8 Å². The molecule has 0 saturated carbocycles. The summed E-state index contributed by atoms with van der Waals surface area (Å²) in [6.07, 6.45) is 1.83. The number of nitrogen functional groups attached to an aromatic ring is 1. The summed E-state index contributed by atoms with van der Waals surface area (Å²) in [6.45, 7) is 5.99.